The van der Waals surface area contributed by atoms with Crippen LogP contribution in [0.1, 0.15) is 21.6 Å². The number of benzene rings is 1. The number of fused-ring (bicyclic) bond motifs is 1. The summed E-state index contributed by atoms with van der Waals surface area (Å²) in [5.74, 6) is 0.113. The molecule has 1 aromatic heterocycles. The van der Waals surface area contributed by atoms with Gasteiger partial charge < -0.3 is 4.90 Å². The van der Waals surface area contributed by atoms with Crippen LogP contribution in [0.4, 0.5) is 0 Å². The number of carbonyl (C=O) groups excluding carboxylic acids is 1. The maximum Gasteiger partial charge on any atom is 0.254 e. The van der Waals surface area contributed by atoms with Crippen molar-refractivity contribution in [1.82, 2.24) is 9.88 Å². The maximum atomic E-state index is 12.3. The molecule has 1 aromatic carbocycles. The average Bonchev–Trinajstić information content (AvgIpc) is 2.43. The van der Waals surface area contributed by atoms with Crippen LogP contribution in [0.5, 0.6) is 0 Å². The second-order valence-corrected chi connectivity index (χ2v) is 4.45. The van der Waals surface area contributed by atoms with Crippen molar-refractivity contribution in [3.63, 3.8) is 0 Å². The third-order valence-electron chi connectivity index (χ3n) is 3.27. The lowest BCUT2D eigenvalue weighted by atomic mass is 9.99. The normalized spacial score (nSPS) is 14.4. The van der Waals surface area contributed by atoms with E-state index in [-0.39, 0.29) is 5.91 Å². The van der Waals surface area contributed by atoms with E-state index in [1.165, 1.54) is 0 Å². The molecule has 0 radical (unpaired) electrons. The summed E-state index contributed by atoms with van der Waals surface area (Å²) >= 11 is 0. The van der Waals surface area contributed by atoms with Gasteiger partial charge in [-0.1, -0.05) is 24.3 Å². The second-order valence-electron chi connectivity index (χ2n) is 4.45. The van der Waals surface area contributed by atoms with Gasteiger partial charge in [-0.15, -0.1) is 0 Å². The molecule has 2 heterocycles. The first-order valence-corrected chi connectivity index (χ1v) is 6.12. The molecule has 2 aromatic rings. The van der Waals surface area contributed by atoms with E-state index < -0.39 is 0 Å². The lowest BCUT2D eigenvalue weighted by molar-refractivity contribution is 0.0725. The minimum absolute atomic E-state index is 0.113. The van der Waals surface area contributed by atoms with E-state index in [1.54, 1.807) is 6.20 Å². The van der Waals surface area contributed by atoms with Crippen molar-refractivity contribution in [2.75, 3.05) is 6.54 Å². The van der Waals surface area contributed by atoms with Gasteiger partial charge in [0.25, 0.3) is 5.91 Å². The number of amides is 1. The number of rotatable bonds is 2. The summed E-state index contributed by atoms with van der Waals surface area (Å²) in [5.41, 5.74) is 2.92. The fourth-order valence-corrected chi connectivity index (χ4v) is 2.31. The van der Waals surface area contributed by atoms with Crippen molar-refractivity contribution in [2.24, 2.45) is 0 Å². The Morgan fingerprint density at radius 2 is 1.94 bits per heavy atom. The topological polar surface area (TPSA) is 33.2 Å². The van der Waals surface area contributed by atoms with Crippen molar-refractivity contribution in [1.29, 1.82) is 0 Å². The molecule has 90 valence electrons. The Morgan fingerprint density at radius 3 is 2.78 bits per heavy atom. The molecule has 18 heavy (non-hydrogen) atoms. The molecule has 0 saturated heterocycles. The molecule has 1 amide bonds. The fourth-order valence-electron chi connectivity index (χ4n) is 2.31. The van der Waals surface area contributed by atoms with E-state index in [4.69, 9.17) is 0 Å². The smallest absolute Gasteiger partial charge is 0.254 e. The molecule has 1 aliphatic rings. The standard InChI is InChI=1S/C15H14N2O/c18-15-14-7-2-1-5-12(14)8-10-17(15)11-13-6-3-4-9-16-13/h1-7,9H,8,10-11H2. The number of nitrogens with zero attached hydrogens (tertiary/aromatic N) is 2. The number of hydrogen-bond donors (Lipinski definition) is 0. The Kier molecular flexibility index (Phi) is 2.81. The molecule has 3 nitrogen and oxygen atoms in total. The SMILES string of the molecule is O=C1c2ccccc2CCN1Cc1ccccn1. The summed E-state index contributed by atoms with van der Waals surface area (Å²) in [6, 6.07) is 13.6. The number of aromatic nitrogens is 1. The predicted molar refractivity (Wildman–Crippen MR) is 69.1 cm³/mol. The van der Waals surface area contributed by atoms with Crippen molar-refractivity contribution in [3.8, 4) is 0 Å². The van der Waals surface area contributed by atoms with Crippen LogP contribution in [0, 0.1) is 0 Å². The minimum atomic E-state index is 0.113. The lowest BCUT2D eigenvalue weighted by Gasteiger charge is -2.28. The molecule has 0 aliphatic carbocycles. The molecule has 0 fully saturated rings. The number of carbonyl (C=O) groups is 1. The van der Waals surface area contributed by atoms with E-state index in [1.807, 2.05) is 47.4 Å². The van der Waals surface area contributed by atoms with Crippen LogP contribution in [0.25, 0.3) is 0 Å². The Labute approximate surface area is 106 Å². The molecule has 0 bridgehead atoms. The van der Waals surface area contributed by atoms with Gasteiger partial charge in [0.05, 0.1) is 12.2 Å². The molecule has 0 saturated carbocycles. The zero-order valence-corrected chi connectivity index (χ0v) is 10.0. The summed E-state index contributed by atoms with van der Waals surface area (Å²) in [6.07, 6.45) is 2.69. The molecule has 0 spiro atoms. The van der Waals surface area contributed by atoms with E-state index in [2.05, 4.69) is 4.98 Å². The first-order valence-electron chi connectivity index (χ1n) is 6.12. The zero-order valence-electron chi connectivity index (χ0n) is 10.0. The Bertz CT molecular complexity index is 566. The summed E-state index contributed by atoms with van der Waals surface area (Å²) in [7, 11) is 0. The van der Waals surface area contributed by atoms with Crippen LogP contribution in [-0.4, -0.2) is 22.3 Å². The largest absolute Gasteiger partial charge is 0.332 e. The van der Waals surface area contributed by atoms with E-state index in [0.29, 0.717) is 6.54 Å². The highest BCUT2D eigenvalue weighted by Gasteiger charge is 2.23. The maximum absolute atomic E-state index is 12.3. The molecule has 0 atom stereocenters. The average molecular weight is 238 g/mol. The van der Waals surface area contributed by atoms with Gasteiger partial charge in [0.1, 0.15) is 0 Å². The predicted octanol–water partition coefficient (Wildman–Crippen LogP) is 2.28. The van der Waals surface area contributed by atoms with Crippen LogP contribution >= 0.6 is 0 Å². The molecule has 0 N–H and O–H groups in total. The van der Waals surface area contributed by atoms with Gasteiger partial charge in [0.15, 0.2) is 0 Å². The highest BCUT2D eigenvalue weighted by atomic mass is 16.2. The van der Waals surface area contributed by atoms with Gasteiger partial charge >= 0.3 is 0 Å². The fraction of sp³-hybridized carbons (Fsp3) is 0.200. The highest BCUT2D eigenvalue weighted by Crippen LogP contribution is 2.19. The number of hydrogen-bond acceptors (Lipinski definition) is 2. The third kappa shape index (κ3) is 1.99. The van der Waals surface area contributed by atoms with Crippen LogP contribution in [-0.2, 0) is 13.0 Å². The number of pyridine rings is 1. The minimum Gasteiger partial charge on any atom is -0.332 e. The lowest BCUT2D eigenvalue weighted by Crippen LogP contribution is -2.37. The van der Waals surface area contributed by atoms with Crippen LogP contribution in [0.2, 0.25) is 0 Å². The molecule has 1 aliphatic heterocycles. The third-order valence-corrected chi connectivity index (χ3v) is 3.27. The first-order chi connectivity index (χ1) is 8.84. The van der Waals surface area contributed by atoms with Gasteiger partial charge in [-0.25, -0.2) is 0 Å². The van der Waals surface area contributed by atoms with Crippen molar-refractivity contribution in [3.05, 3.63) is 65.5 Å². The van der Waals surface area contributed by atoms with Crippen LogP contribution in [0.3, 0.4) is 0 Å². The van der Waals surface area contributed by atoms with Gasteiger partial charge in [-0.3, -0.25) is 9.78 Å². The quantitative estimate of drug-likeness (QED) is 0.804. The van der Waals surface area contributed by atoms with Gasteiger partial charge in [-0.2, -0.15) is 0 Å². The Hall–Kier alpha value is -2.16. The van der Waals surface area contributed by atoms with Crippen LogP contribution in [0.15, 0.2) is 48.7 Å². The summed E-state index contributed by atoms with van der Waals surface area (Å²) in [5, 5.41) is 0. The molecule has 3 rings (SSSR count). The zero-order chi connectivity index (χ0) is 12.4. The van der Waals surface area contributed by atoms with Gasteiger partial charge in [0, 0.05) is 18.3 Å². The molecular weight excluding hydrogens is 224 g/mol. The van der Waals surface area contributed by atoms with E-state index >= 15 is 0 Å². The summed E-state index contributed by atoms with van der Waals surface area (Å²) in [6.45, 7) is 1.36. The summed E-state index contributed by atoms with van der Waals surface area (Å²) < 4.78 is 0. The Morgan fingerprint density at radius 1 is 1.11 bits per heavy atom. The van der Waals surface area contributed by atoms with E-state index in [0.717, 1.165) is 29.8 Å². The second kappa shape index (κ2) is 4.61. The molecular formula is C15H14N2O. The van der Waals surface area contributed by atoms with Crippen molar-refractivity contribution < 1.29 is 4.79 Å². The monoisotopic (exact) mass is 238 g/mol. The molecule has 3 heteroatoms. The van der Waals surface area contributed by atoms with Gasteiger partial charge in [0.2, 0.25) is 0 Å². The van der Waals surface area contributed by atoms with Crippen molar-refractivity contribution >= 4 is 5.91 Å². The Balaban J connectivity index is 1.83. The van der Waals surface area contributed by atoms with Crippen LogP contribution < -0.4 is 0 Å². The van der Waals surface area contributed by atoms with E-state index in [9.17, 15) is 4.79 Å². The molecule has 0 unspecified atom stereocenters. The van der Waals surface area contributed by atoms with Crippen molar-refractivity contribution in [2.45, 2.75) is 13.0 Å². The highest BCUT2D eigenvalue weighted by molar-refractivity contribution is 5.96. The van der Waals surface area contributed by atoms with Gasteiger partial charge in [-0.05, 0) is 30.2 Å². The first kappa shape index (κ1) is 11.0. The summed E-state index contributed by atoms with van der Waals surface area (Å²) in [4.78, 5) is 18.5.